The second-order valence-corrected chi connectivity index (χ2v) is 8.71. The molecule has 2 aliphatic rings. The third-order valence-corrected chi connectivity index (χ3v) is 6.57. The summed E-state index contributed by atoms with van der Waals surface area (Å²) in [5.41, 5.74) is 3.85. The summed E-state index contributed by atoms with van der Waals surface area (Å²) >= 11 is 0. The number of carboxylic acid groups (broad SMARTS) is 1. The molecule has 0 aromatic heterocycles. The maximum atomic E-state index is 11.0. The Morgan fingerprint density at radius 2 is 1.73 bits per heavy atom. The maximum Gasteiger partial charge on any atom is 0.335 e. The molecule has 0 spiro atoms. The predicted octanol–water partition coefficient (Wildman–Crippen LogP) is 4.58. The fourth-order valence-electron chi connectivity index (χ4n) is 4.89. The summed E-state index contributed by atoms with van der Waals surface area (Å²) in [5, 5.41) is 19.5. The number of carboxylic acids is 1. The number of hydrogen-bond acceptors (Lipinski definition) is 3. The number of ether oxygens (including phenoxy) is 1. The van der Waals surface area contributed by atoms with Crippen LogP contribution in [0.2, 0.25) is 0 Å². The first-order chi connectivity index (χ1) is 14.5. The van der Waals surface area contributed by atoms with Crippen LogP contribution >= 0.6 is 0 Å². The molecule has 0 radical (unpaired) electrons. The van der Waals surface area contributed by atoms with Gasteiger partial charge in [0.1, 0.15) is 0 Å². The number of hydrogen-bond donors (Lipinski definition) is 2. The lowest BCUT2D eigenvalue weighted by Gasteiger charge is -2.26. The lowest BCUT2D eigenvalue weighted by molar-refractivity contribution is 0.0697. The third kappa shape index (κ3) is 4.82. The molecule has 0 amide bonds. The van der Waals surface area contributed by atoms with Crippen LogP contribution < -0.4 is 0 Å². The van der Waals surface area contributed by atoms with Crippen molar-refractivity contribution in [3.8, 4) is 0 Å². The molecule has 2 N–H and O–H groups in total. The zero-order chi connectivity index (χ0) is 21.1. The zero-order valence-electron chi connectivity index (χ0n) is 17.4. The molecule has 0 saturated carbocycles. The number of fused-ring (bicyclic) bond motifs is 2. The van der Waals surface area contributed by atoms with E-state index in [0.29, 0.717) is 29.9 Å². The van der Waals surface area contributed by atoms with Crippen molar-refractivity contribution in [3.05, 3.63) is 82.9 Å². The van der Waals surface area contributed by atoms with Crippen LogP contribution in [-0.4, -0.2) is 34.5 Å². The summed E-state index contributed by atoms with van der Waals surface area (Å²) < 4.78 is 6.19. The number of aryl methyl sites for hydroxylation is 2. The van der Waals surface area contributed by atoms with E-state index in [2.05, 4.69) is 37.3 Å². The first-order valence-corrected chi connectivity index (χ1v) is 10.9. The minimum Gasteiger partial charge on any atom is -0.478 e. The molecule has 2 aromatic carbocycles. The van der Waals surface area contributed by atoms with Crippen molar-refractivity contribution in [2.24, 2.45) is 11.8 Å². The molecule has 4 nitrogen and oxygen atoms in total. The lowest BCUT2D eigenvalue weighted by atomic mass is 9.76. The molecule has 2 heterocycles. The van der Waals surface area contributed by atoms with Gasteiger partial charge in [-0.05, 0) is 61.8 Å². The van der Waals surface area contributed by atoms with Gasteiger partial charge in [-0.15, -0.1) is 0 Å². The summed E-state index contributed by atoms with van der Waals surface area (Å²) in [6.07, 6.45) is 8.96. The fraction of sp³-hybridized carbons (Fsp3) is 0.423. The highest BCUT2D eigenvalue weighted by molar-refractivity contribution is 5.87. The van der Waals surface area contributed by atoms with Crippen molar-refractivity contribution in [2.45, 2.75) is 57.3 Å². The minimum absolute atomic E-state index is 0.261. The summed E-state index contributed by atoms with van der Waals surface area (Å²) in [5.74, 6) is -0.0992. The van der Waals surface area contributed by atoms with Gasteiger partial charge in [0, 0.05) is 12.3 Å². The Labute approximate surface area is 178 Å². The van der Waals surface area contributed by atoms with Crippen molar-refractivity contribution >= 4 is 5.97 Å². The number of carbonyl (C=O) groups is 1. The number of aliphatic hydroxyl groups excluding tert-OH is 1. The molecular weight excluding hydrogens is 376 g/mol. The molecule has 2 saturated heterocycles. The Bertz CT molecular complexity index is 884. The topological polar surface area (TPSA) is 66.8 Å². The Hall–Kier alpha value is -2.43. The van der Waals surface area contributed by atoms with Gasteiger partial charge in [-0.3, -0.25) is 0 Å². The summed E-state index contributed by atoms with van der Waals surface area (Å²) in [6.45, 7) is 2.07. The first kappa shape index (κ1) is 20.8. The molecule has 2 fully saturated rings. The number of aromatic carboxylic acids is 1. The van der Waals surface area contributed by atoms with Gasteiger partial charge in [0.2, 0.25) is 0 Å². The molecule has 4 rings (SSSR count). The minimum atomic E-state index is -0.891. The van der Waals surface area contributed by atoms with E-state index in [4.69, 9.17) is 9.84 Å². The van der Waals surface area contributed by atoms with Gasteiger partial charge in [-0.2, -0.15) is 0 Å². The van der Waals surface area contributed by atoms with Gasteiger partial charge >= 0.3 is 5.97 Å². The molecule has 2 aromatic rings. The second kappa shape index (κ2) is 9.15. The van der Waals surface area contributed by atoms with E-state index < -0.39 is 12.1 Å². The van der Waals surface area contributed by atoms with Crippen molar-refractivity contribution in [1.29, 1.82) is 0 Å². The first-order valence-electron chi connectivity index (χ1n) is 10.9. The van der Waals surface area contributed by atoms with Gasteiger partial charge in [0.15, 0.2) is 0 Å². The van der Waals surface area contributed by atoms with E-state index in [1.807, 2.05) is 18.2 Å². The van der Waals surface area contributed by atoms with Crippen LogP contribution in [0.3, 0.4) is 0 Å². The van der Waals surface area contributed by atoms with E-state index in [0.717, 1.165) is 36.8 Å². The number of aliphatic hydroxyl groups is 1. The van der Waals surface area contributed by atoms with E-state index in [-0.39, 0.29) is 6.10 Å². The maximum absolute atomic E-state index is 11.0. The summed E-state index contributed by atoms with van der Waals surface area (Å²) in [7, 11) is 0. The van der Waals surface area contributed by atoms with Crippen molar-refractivity contribution in [1.82, 2.24) is 0 Å². The van der Waals surface area contributed by atoms with E-state index in [9.17, 15) is 9.90 Å². The van der Waals surface area contributed by atoms with Gasteiger partial charge in [0.25, 0.3) is 0 Å². The Kier molecular flexibility index (Phi) is 6.35. The molecule has 0 aliphatic carbocycles. The van der Waals surface area contributed by atoms with Gasteiger partial charge in [-0.1, -0.05) is 54.1 Å². The van der Waals surface area contributed by atoms with E-state index in [1.54, 1.807) is 12.1 Å². The van der Waals surface area contributed by atoms with Crippen molar-refractivity contribution in [2.75, 3.05) is 0 Å². The van der Waals surface area contributed by atoms with E-state index >= 15 is 0 Å². The highest BCUT2D eigenvalue weighted by Crippen LogP contribution is 2.46. The molecule has 158 valence electrons. The molecule has 2 aliphatic heterocycles. The fourth-order valence-corrected chi connectivity index (χ4v) is 4.89. The average Bonchev–Trinajstić information content (AvgIpc) is 3.34. The largest absolute Gasteiger partial charge is 0.478 e. The van der Waals surface area contributed by atoms with Crippen LogP contribution in [0.5, 0.6) is 0 Å². The Morgan fingerprint density at radius 3 is 2.43 bits per heavy atom. The Balaban J connectivity index is 1.36. The van der Waals surface area contributed by atoms with E-state index in [1.165, 1.54) is 5.56 Å². The van der Waals surface area contributed by atoms with Gasteiger partial charge in [-0.25, -0.2) is 4.79 Å². The molecule has 1 unspecified atom stereocenters. The quantitative estimate of drug-likeness (QED) is 0.630. The van der Waals surface area contributed by atoms with Crippen LogP contribution in [0.15, 0.2) is 60.7 Å². The SMILES string of the molecule is Cc1ccc(CC(O)/C=C/[C@H]2[C@@H](CCc3ccc(C(=O)O)cc3)[C@H]3CC[C@@H]2O3)cc1. The van der Waals surface area contributed by atoms with Gasteiger partial charge < -0.3 is 14.9 Å². The lowest BCUT2D eigenvalue weighted by Crippen LogP contribution is -2.26. The van der Waals surface area contributed by atoms with Crippen LogP contribution in [0.25, 0.3) is 0 Å². The van der Waals surface area contributed by atoms with Crippen LogP contribution in [-0.2, 0) is 17.6 Å². The highest BCUT2D eigenvalue weighted by atomic mass is 16.5. The van der Waals surface area contributed by atoms with Crippen LogP contribution in [0, 0.1) is 18.8 Å². The molecule has 4 heteroatoms. The monoisotopic (exact) mass is 406 g/mol. The van der Waals surface area contributed by atoms with Crippen LogP contribution in [0.4, 0.5) is 0 Å². The zero-order valence-corrected chi connectivity index (χ0v) is 17.4. The number of benzene rings is 2. The highest BCUT2D eigenvalue weighted by Gasteiger charge is 2.47. The van der Waals surface area contributed by atoms with Crippen LogP contribution in [0.1, 0.15) is 46.3 Å². The predicted molar refractivity (Wildman–Crippen MR) is 117 cm³/mol. The molecule has 5 atom stereocenters. The second-order valence-electron chi connectivity index (χ2n) is 8.71. The van der Waals surface area contributed by atoms with Gasteiger partial charge in [0.05, 0.1) is 23.9 Å². The summed E-state index contributed by atoms with van der Waals surface area (Å²) in [4.78, 5) is 11.0. The van der Waals surface area contributed by atoms with Crippen molar-refractivity contribution < 1.29 is 19.7 Å². The van der Waals surface area contributed by atoms with Crippen molar-refractivity contribution in [3.63, 3.8) is 0 Å². The Morgan fingerprint density at radius 1 is 1.07 bits per heavy atom. The average molecular weight is 407 g/mol. The third-order valence-electron chi connectivity index (χ3n) is 6.57. The molecule has 30 heavy (non-hydrogen) atoms. The summed E-state index contributed by atoms with van der Waals surface area (Å²) in [6, 6.07) is 15.5. The molecular formula is C26H30O4. The smallest absolute Gasteiger partial charge is 0.335 e. The normalized spacial score (nSPS) is 26.3. The standard InChI is InChI=1S/C26H30O4/c1-17-2-4-19(5-3-17)16-21(27)11-13-23-22(24-14-15-25(23)30-24)12-8-18-6-9-20(10-7-18)26(28)29/h2-7,9-11,13,21-25,27H,8,12,14-16H2,1H3,(H,28,29)/b13-11+/t21?,22-,23+,24-,25+/m1/s1. The number of rotatable bonds is 8. The molecule has 2 bridgehead atoms.